The van der Waals surface area contributed by atoms with Crippen LogP contribution in [0.25, 0.3) is 0 Å². The van der Waals surface area contributed by atoms with Crippen LogP contribution in [-0.4, -0.2) is 34.7 Å². The van der Waals surface area contributed by atoms with E-state index in [9.17, 15) is 22.8 Å². The minimum atomic E-state index is -4.44. The van der Waals surface area contributed by atoms with Gasteiger partial charge in [0.1, 0.15) is 11.5 Å². The van der Waals surface area contributed by atoms with E-state index in [1.165, 1.54) is 24.5 Å². The molecule has 1 aromatic heterocycles. The fraction of sp³-hybridized carbons (Fsp3) is 0.333. The largest absolute Gasteiger partial charge is 0.416 e. The van der Waals surface area contributed by atoms with Gasteiger partial charge in [-0.3, -0.25) is 14.6 Å². The summed E-state index contributed by atoms with van der Waals surface area (Å²) >= 11 is 0. The molecule has 27 heavy (non-hydrogen) atoms. The molecule has 1 aliphatic rings. The standard InChI is InChI=1S/C18H17F3N4O2/c19-18(20,21)13-5-3-11(4-6-13)16(26)12-2-1-7-25(10-12)15-9-23-8-14(24-15)17(22)27/h3-6,8-9,12H,1-2,7,10H2,(H2,22,27)/t12-/m0/s1. The summed E-state index contributed by atoms with van der Waals surface area (Å²) in [7, 11) is 0. The minimum Gasteiger partial charge on any atom is -0.364 e. The number of benzene rings is 1. The van der Waals surface area contributed by atoms with Crippen molar-refractivity contribution in [2.75, 3.05) is 18.0 Å². The number of nitrogens with zero attached hydrogens (tertiary/aromatic N) is 3. The molecule has 1 amide bonds. The number of alkyl halides is 3. The Hall–Kier alpha value is -2.97. The van der Waals surface area contributed by atoms with E-state index in [0.29, 0.717) is 31.7 Å². The average Bonchev–Trinajstić information content (AvgIpc) is 2.67. The number of aromatic nitrogens is 2. The van der Waals surface area contributed by atoms with Gasteiger partial charge in [0.25, 0.3) is 5.91 Å². The smallest absolute Gasteiger partial charge is 0.364 e. The van der Waals surface area contributed by atoms with Crippen molar-refractivity contribution in [3.8, 4) is 0 Å². The van der Waals surface area contributed by atoms with Gasteiger partial charge in [-0.25, -0.2) is 4.98 Å². The lowest BCUT2D eigenvalue weighted by Gasteiger charge is -2.32. The molecule has 6 nitrogen and oxygen atoms in total. The zero-order valence-corrected chi connectivity index (χ0v) is 14.2. The summed E-state index contributed by atoms with van der Waals surface area (Å²) in [5, 5.41) is 0. The molecule has 1 aromatic carbocycles. The van der Waals surface area contributed by atoms with E-state index in [0.717, 1.165) is 12.1 Å². The number of carbonyl (C=O) groups is 2. The van der Waals surface area contributed by atoms with Crippen molar-refractivity contribution in [2.24, 2.45) is 11.7 Å². The number of anilines is 1. The van der Waals surface area contributed by atoms with Gasteiger partial charge in [0.15, 0.2) is 5.78 Å². The van der Waals surface area contributed by atoms with Crippen LogP contribution in [0, 0.1) is 5.92 Å². The van der Waals surface area contributed by atoms with Gasteiger partial charge in [0.2, 0.25) is 0 Å². The van der Waals surface area contributed by atoms with Crippen LogP contribution in [0.3, 0.4) is 0 Å². The number of hydrogen-bond acceptors (Lipinski definition) is 5. The lowest BCUT2D eigenvalue weighted by atomic mass is 9.89. The van der Waals surface area contributed by atoms with Gasteiger partial charge >= 0.3 is 6.18 Å². The molecular formula is C18H17F3N4O2. The number of rotatable bonds is 4. The van der Waals surface area contributed by atoms with E-state index < -0.39 is 17.6 Å². The molecular weight excluding hydrogens is 361 g/mol. The number of primary amides is 1. The number of hydrogen-bond donors (Lipinski definition) is 1. The van der Waals surface area contributed by atoms with Crippen LogP contribution in [0.15, 0.2) is 36.7 Å². The Bertz CT molecular complexity index is 852. The van der Waals surface area contributed by atoms with Gasteiger partial charge in [0, 0.05) is 24.6 Å². The van der Waals surface area contributed by atoms with Crippen molar-refractivity contribution in [1.82, 2.24) is 9.97 Å². The molecule has 0 saturated carbocycles. The van der Waals surface area contributed by atoms with Crippen LogP contribution < -0.4 is 10.6 Å². The highest BCUT2D eigenvalue weighted by Crippen LogP contribution is 2.30. The normalized spacial score (nSPS) is 17.6. The summed E-state index contributed by atoms with van der Waals surface area (Å²) in [6.07, 6.45) is -0.357. The highest BCUT2D eigenvalue weighted by Gasteiger charge is 2.31. The van der Waals surface area contributed by atoms with E-state index >= 15 is 0 Å². The Labute approximate surface area is 153 Å². The number of ketones is 1. The van der Waals surface area contributed by atoms with E-state index in [2.05, 4.69) is 9.97 Å². The Morgan fingerprint density at radius 3 is 2.48 bits per heavy atom. The zero-order valence-electron chi connectivity index (χ0n) is 14.2. The fourth-order valence-electron chi connectivity index (χ4n) is 3.09. The molecule has 1 aliphatic heterocycles. The van der Waals surface area contributed by atoms with Crippen molar-refractivity contribution in [1.29, 1.82) is 0 Å². The summed E-state index contributed by atoms with van der Waals surface area (Å²) in [4.78, 5) is 33.9. The predicted molar refractivity (Wildman–Crippen MR) is 91.3 cm³/mol. The van der Waals surface area contributed by atoms with Crippen LogP contribution >= 0.6 is 0 Å². The van der Waals surface area contributed by atoms with Gasteiger partial charge in [0.05, 0.1) is 18.0 Å². The SMILES string of the molecule is NC(=O)c1cncc(N2CCC[C@H](C(=O)c3ccc(C(F)(F)F)cc3)C2)n1. The van der Waals surface area contributed by atoms with Crippen molar-refractivity contribution < 1.29 is 22.8 Å². The summed E-state index contributed by atoms with van der Waals surface area (Å²) in [5.41, 5.74) is 4.70. The van der Waals surface area contributed by atoms with Crippen molar-refractivity contribution in [3.05, 3.63) is 53.5 Å². The molecule has 2 N–H and O–H groups in total. The number of halogens is 3. The van der Waals surface area contributed by atoms with Gasteiger partial charge in [-0.05, 0) is 25.0 Å². The van der Waals surface area contributed by atoms with Crippen molar-refractivity contribution in [2.45, 2.75) is 19.0 Å². The third kappa shape index (κ3) is 4.24. The Morgan fingerprint density at radius 2 is 1.85 bits per heavy atom. The molecule has 2 aromatic rings. The van der Waals surface area contributed by atoms with Gasteiger partial charge < -0.3 is 10.6 Å². The lowest BCUT2D eigenvalue weighted by Crippen LogP contribution is -2.39. The average molecular weight is 378 g/mol. The summed E-state index contributed by atoms with van der Waals surface area (Å²) in [5.74, 6) is -0.850. The fourth-order valence-corrected chi connectivity index (χ4v) is 3.09. The van der Waals surface area contributed by atoms with Gasteiger partial charge in [-0.1, -0.05) is 12.1 Å². The van der Waals surface area contributed by atoms with E-state index in [1.54, 1.807) is 0 Å². The van der Waals surface area contributed by atoms with Gasteiger partial charge in [-0.2, -0.15) is 13.2 Å². The summed E-state index contributed by atoms with van der Waals surface area (Å²) in [6, 6.07) is 4.24. The first-order valence-electron chi connectivity index (χ1n) is 8.34. The van der Waals surface area contributed by atoms with E-state index in [-0.39, 0.29) is 23.0 Å². The first kappa shape index (κ1) is 18.8. The molecule has 1 saturated heterocycles. The number of piperidine rings is 1. The van der Waals surface area contributed by atoms with Crippen LogP contribution in [0.4, 0.5) is 19.0 Å². The maximum Gasteiger partial charge on any atom is 0.416 e. The Balaban J connectivity index is 1.75. The molecule has 0 aliphatic carbocycles. The van der Waals surface area contributed by atoms with E-state index in [4.69, 9.17) is 5.73 Å². The lowest BCUT2D eigenvalue weighted by molar-refractivity contribution is -0.137. The molecule has 9 heteroatoms. The number of nitrogens with two attached hydrogens (primary N) is 1. The monoisotopic (exact) mass is 378 g/mol. The quantitative estimate of drug-likeness (QED) is 0.827. The Morgan fingerprint density at radius 1 is 1.15 bits per heavy atom. The van der Waals surface area contributed by atoms with Crippen LogP contribution in [0.5, 0.6) is 0 Å². The predicted octanol–water partition coefficient (Wildman–Crippen LogP) is 2.69. The first-order valence-corrected chi connectivity index (χ1v) is 8.34. The molecule has 0 unspecified atom stereocenters. The number of carbonyl (C=O) groups excluding carboxylic acids is 2. The van der Waals surface area contributed by atoms with Crippen LogP contribution in [0.1, 0.15) is 39.3 Å². The molecule has 1 atom stereocenters. The zero-order chi connectivity index (χ0) is 19.6. The number of amides is 1. The molecule has 0 radical (unpaired) electrons. The Kier molecular flexibility index (Phi) is 5.11. The highest BCUT2D eigenvalue weighted by molar-refractivity contribution is 5.98. The molecule has 0 spiro atoms. The maximum atomic E-state index is 12.7. The topological polar surface area (TPSA) is 89.2 Å². The molecule has 2 heterocycles. The molecule has 142 valence electrons. The van der Waals surface area contributed by atoms with Gasteiger partial charge in [-0.15, -0.1) is 0 Å². The van der Waals surface area contributed by atoms with Crippen molar-refractivity contribution >= 4 is 17.5 Å². The second-order valence-corrected chi connectivity index (χ2v) is 6.35. The molecule has 1 fully saturated rings. The summed E-state index contributed by atoms with van der Waals surface area (Å²) in [6.45, 7) is 0.977. The minimum absolute atomic E-state index is 0.0312. The van der Waals surface area contributed by atoms with Crippen molar-refractivity contribution in [3.63, 3.8) is 0 Å². The van der Waals surface area contributed by atoms with E-state index in [1.807, 2.05) is 4.90 Å². The van der Waals surface area contributed by atoms with Crippen LogP contribution in [-0.2, 0) is 6.18 Å². The molecule has 0 bridgehead atoms. The first-order chi connectivity index (χ1) is 12.8. The molecule has 3 rings (SSSR count). The third-order valence-corrected chi connectivity index (χ3v) is 4.49. The second-order valence-electron chi connectivity index (χ2n) is 6.35. The second kappa shape index (κ2) is 7.34. The maximum absolute atomic E-state index is 12.7. The highest BCUT2D eigenvalue weighted by atomic mass is 19.4. The third-order valence-electron chi connectivity index (χ3n) is 4.49. The van der Waals surface area contributed by atoms with Crippen LogP contribution in [0.2, 0.25) is 0 Å². The summed E-state index contributed by atoms with van der Waals surface area (Å²) < 4.78 is 38.0. The number of Topliss-reactive ketones (excluding diaryl/α,β-unsaturated/α-hetero) is 1.